The van der Waals surface area contributed by atoms with Gasteiger partial charge in [0.1, 0.15) is 6.10 Å². The first-order valence-electron chi connectivity index (χ1n) is 8.57. The van der Waals surface area contributed by atoms with Crippen LogP contribution in [0.4, 0.5) is 0 Å². The van der Waals surface area contributed by atoms with Gasteiger partial charge in [-0.2, -0.15) is 0 Å². The molecule has 0 saturated heterocycles. The quantitative estimate of drug-likeness (QED) is 0.633. The van der Waals surface area contributed by atoms with Crippen LogP contribution in [0.1, 0.15) is 45.4 Å². The van der Waals surface area contributed by atoms with Crippen molar-refractivity contribution in [2.24, 2.45) is 5.92 Å². The number of aliphatic hydroxyl groups excluding tert-OH is 1. The van der Waals surface area contributed by atoms with Gasteiger partial charge in [0.25, 0.3) is 0 Å². The highest BCUT2D eigenvalue weighted by Crippen LogP contribution is 2.23. The first kappa shape index (κ1) is 17.9. The molecule has 0 aromatic rings. The number of carbonyl (C=O) groups excluding carboxylic acids is 2. The van der Waals surface area contributed by atoms with Gasteiger partial charge < -0.3 is 20.5 Å². The second-order valence-electron chi connectivity index (χ2n) is 6.52. The SMILES string of the molecule is CC(=O)N[C@@H]1C=C[C@H](CC(=O)NCC2CCCCC2)O[C@H]1CO. The lowest BCUT2D eigenvalue weighted by atomic mass is 9.89. The molecule has 1 aliphatic heterocycles. The van der Waals surface area contributed by atoms with Crippen molar-refractivity contribution in [1.29, 1.82) is 0 Å². The van der Waals surface area contributed by atoms with E-state index in [1.165, 1.54) is 39.0 Å². The van der Waals surface area contributed by atoms with E-state index in [4.69, 9.17) is 4.74 Å². The number of ether oxygens (including phenoxy) is 1. The Labute approximate surface area is 137 Å². The predicted molar refractivity (Wildman–Crippen MR) is 86.7 cm³/mol. The fourth-order valence-electron chi connectivity index (χ4n) is 3.27. The Morgan fingerprint density at radius 2 is 1.96 bits per heavy atom. The number of hydrogen-bond donors (Lipinski definition) is 3. The van der Waals surface area contributed by atoms with Crippen LogP contribution in [-0.4, -0.2) is 48.3 Å². The van der Waals surface area contributed by atoms with Crippen LogP contribution in [0.25, 0.3) is 0 Å². The highest BCUT2D eigenvalue weighted by Gasteiger charge is 2.28. The van der Waals surface area contributed by atoms with E-state index in [2.05, 4.69) is 10.6 Å². The van der Waals surface area contributed by atoms with Crippen LogP contribution in [0.15, 0.2) is 12.2 Å². The molecular weight excluding hydrogens is 296 g/mol. The zero-order chi connectivity index (χ0) is 16.7. The molecular formula is C17H28N2O4. The largest absolute Gasteiger partial charge is 0.394 e. The number of aliphatic hydroxyl groups is 1. The molecule has 2 rings (SSSR count). The van der Waals surface area contributed by atoms with Crippen molar-refractivity contribution in [3.63, 3.8) is 0 Å². The van der Waals surface area contributed by atoms with Gasteiger partial charge >= 0.3 is 0 Å². The van der Waals surface area contributed by atoms with E-state index in [9.17, 15) is 14.7 Å². The molecule has 0 bridgehead atoms. The zero-order valence-corrected chi connectivity index (χ0v) is 13.8. The van der Waals surface area contributed by atoms with E-state index < -0.39 is 6.10 Å². The molecule has 0 aromatic carbocycles. The molecule has 1 aliphatic carbocycles. The molecule has 0 unspecified atom stereocenters. The summed E-state index contributed by atoms with van der Waals surface area (Å²) >= 11 is 0. The lowest BCUT2D eigenvalue weighted by Crippen LogP contribution is -2.48. The van der Waals surface area contributed by atoms with Crippen LogP contribution in [0.2, 0.25) is 0 Å². The summed E-state index contributed by atoms with van der Waals surface area (Å²) in [6.07, 6.45) is 9.18. The summed E-state index contributed by atoms with van der Waals surface area (Å²) in [6.45, 7) is 1.97. The van der Waals surface area contributed by atoms with Crippen LogP contribution in [0.3, 0.4) is 0 Å². The van der Waals surface area contributed by atoms with E-state index in [1.807, 2.05) is 0 Å². The fraction of sp³-hybridized carbons (Fsp3) is 0.765. The van der Waals surface area contributed by atoms with Crippen molar-refractivity contribution in [2.75, 3.05) is 13.2 Å². The maximum atomic E-state index is 12.1. The minimum Gasteiger partial charge on any atom is -0.394 e. The second-order valence-corrected chi connectivity index (χ2v) is 6.52. The molecule has 130 valence electrons. The highest BCUT2D eigenvalue weighted by molar-refractivity contribution is 5.76. The Bertz CT molecular complexity index is 432. The molecule has 6 heteroatoms. The molecule has 1 fully saturated rings. The lowest BCUT2D eigenvalue weighted by molar-refractivity contribution is -0.127. The van der Waals surface area contributed by atoms with E-state index >= 15 is 0 Å². The monoisotopic (exact) mass is 324 g/mol. The summed E-state index contributed by atoms with van der Waals surface area (Å²) in [5, 5.41) is 15.1. The summed E-state index contributed by atoms with van der Waals surface area (Å²) < 4.78 is 5.70. The fourth-order valence-corrected chi connectivity index (χ4v) is 3.27. The third-order valence-electron chi connectivity index (χ3n) is 4.53. The molecule has 1 saturated carbocycles. The van der Waals surface area contributed by atoms with Crippen LogP contribution in [0.5, 0.6) is 0 Å². The maximum absolute atomic E-state index is 12.1. The molecule has 3 N–H and O–H groups in total. The summed E-state index contributed by atoms with van der Waals surface area (Å²) in [5.74, 6) is 0.398. The number of hydrogen-bond acceptors (Lipinski definition) is 4. The van der Waals surface area contributed by atoms with Gasteiger partial charge in [-0.15, -0.1) is 0 Å². The molecule has 2 aliphatic rings. The van der Waals surface area contributed by atoms with Gasteiger partial charge in [0.05, 0.1) is 25.2 Å². The van der Waals surface area contributed by atoms with E-state index in [0.717, 1.165) is 6.54 Å². The molecule has 3 atom stereocenters. The Hall–Kier alpha value is -1.40. The third kappa shape index (κ3) is 5.95. The van der Waals surface area contributed by atoms with Crippen molar-refractivity contribution in [2.45, 2.75) is 63.7 Å². The van der Waals surface area contributed by atoms with Gasteiger partial charge in [0.2, 0.25) is 11.8 Å². The van der Waals surface area contributed by atoms with E-state index in [0.29, 0.717) is 5.92 Å². The van der Waals surface area contributed by atoms with Crippen molar-refractivity contribution in [3.8, 4) is 0 Å². The molecule has 2 amide bonds. The first-order chi connectivity index (χ1) is 11.1. The standard InChI is InChI=1S/C17H28N2O4/c1-12(21)19-15-8-7-14(23-16(15)11-20)9-17(22)18-10-13-5-3-2-4-6-13/h7-8,13-16,20H,2-6,9-11H2,1H3,(H,18,22)(H,19,21)/t14-,15-,16+/m1/s1. The summed E-state index contributed by atoms with van der Waals surface area (Å²) in [4.78, 5) is 23.2. The van der Waals surface area contributed by atoms with Gasteiger partial charge in [-0.25, -0.2) is 0 Å². The van der Waals surface area contributed by atoms with Crippen LogP contribution < -0.4 is 10.6 Å². The summed E-state index contributed by atoms with van der Waals surface area (Å²) in [5.41, 5.74) is 0. The molecule has 6 nitrogen and oxygen atoms in total. The van der Waals surface area contributed by atoms with E-state index in [-0.39, 0.29) is 37.0 Å². The topological polar surface area (TPSA) is 87.7 Å². The number of rotatable bonds is 6. The molecule has 23 heavy (non-hydrogen) atoms. The third-order valence-corrected chi connectivity index (χ3v) is 4.53. The Morgan fingerprint density at radius 3 is 2.61 bits per heavy atom. The van der Waals surface area contributed by atoms with Gasteiger partial charge in [-0.3, -0.25) is 9.59 Å². The minimum atomic E-state index is -0.514. The first-order valence-corrected chi connectivity index (χ1v) is 8.57. The predicted octanol–water partition coefficient (Wildman–Crippen LogP) is 0.894. The highest BCUT2D eigenvalue weighted by atomic mass is 16.5. The summed E-state index contributed by atoms with van der Waals surface area (Å²) in [7, 11) is 0. The van der Waals surface area contributed by atoms with Crippen molar-refractivity contribution in [1.82, 2.24) is 10.6 Å². The Balaban J connectivity index is 1.76. The minimum absolute atomic E-state index is 0.0279. The average molecular weight is 324 g/mol. The van der Waals surface area contributed by atoms with Crippen molar-refractivity contribution in [3.05, 3.63) is 12.2 Å². The number of carbonyl (C=O) groups is 2. The number of amides is 2. The van der Waals surface area contributed by atoms with Crippen LogP contribution in [0, 0.1) is 5.92 Å². The Morgan fingerprint density at radius 1 is 1.22 bits per heavy atom. The lowest BCUT2D eigenvalue weighted by Gasteiger charge is -2.31. The van der Waals surface area contributed by atoms with Gasteiger partial charge in [-0.05, 0) is 18.8 Å². The average Bonchev–Trinajstić information content (AvgIpc) is 2.55. The molecule has 0 radical (unpaired) electrons. The normalized spacial score (nSPS) is 28.3. The van der Waals surface area contributed by atoms with Gasteiger partial charge in [0.15, 0.2) is 0 Å². The molecule has 0 aromatic heterocycles. The van der Waals surface area contributed by atoms with Crippen molar-refractivity contribution >= 4 is 11.8 Å². The second kappa shape index (κ2) is 9.03. The Kier molecular flexibility index (Phi) is 7.05. The van der Waals surface area contributed by atoms with Gasteiger partial charge in [0, 0.05) is 13.5 Å². The zero-order valence-electron chi connectivity index (χ0n) is 13.8. The maximum Gasteiger partial charge on any atom is 0.222 e. The van der Waals surface area contributed by atoms with Crippen LogP contribution >= 0.6 is 0 Å². The van der Waals surface area contributed by atoms with Crippen LogP contribution in [-0.2, 0) is 14.3 Å². The molecule has 0 spiro atoms. The smallest absolute Gasteiger partial charge is 0.222 e. The van der Waals surface area contributed by atoms with Gasteiger partial charge in [-0.1, -0.05) is 31.4 Å². The van der Waals surface area contributed by atoms with Crippen molar-refractivity contribution < 1.29 is 19.4 Å². The van der Waals surface area contributed by atoms with E-state index in [1.54, 1.807) is 12.2 Å². The summed E-state index contributed by atoms with van der Waals surface area (Å²) in [6, 6.07) is -0.348. The molecule has 1 heterocycles. The number of nitrogens with one attached hydrogen (secondary N) is 2.